The molecule has 0 unspecified atom stereocenters. The first-order chi connectivity index (χ1) is 12.6. The number of hydrogen-bond donors (Lipinski definition) is 1. The Morgan fingerprint density at radius 2 is 1.69 bits per heavy atom. The van der Waals surface area contributed by atoms with Gasteiger partial charge in [0, 0.05) is 13.0 Å². The molecule has 138 valence electrons. The summed E-state index contributed by atoms with van der Waals surface area (Å²) in [6.07, 6.45) is 0.0492. The number of hydrogen-bond acceptors (Lipinski definition) is 4. The Kier molecular flexibility index (Phi) is 7.83. The Morgan fingerprint density at radius 3 is 2.31 bits per heavy atom. The van der Waals surface area contributed by atoms with Crippen LogP contribution >= 0.6 is 0 Å². The van der Waals surface area contributed by atoms with Gasteiger partial charge in [0.05, 0.1) is 13.7 Å². The van der Waals surface area contributed by atoms with Crippen LogP contribution in [0.25, 0.3) is 0 Å². The van der Waals surface area contributed by atoms with Crippen molar-refractivity contribution in [1.29, 1.82) is 0 Å². The fourth-order valence-corrected chi connectivity index (χ4v) is 2.47. The van der Waals surface area contributed by atoms with Crippen LogP contribution in [0.3, 0.4) is 0 Å². The second kappa shape index (κ2) is 10.4. The molecule has 0 fully saturated rings. The summed E-state index contributed by atoms with van der Waals surface area (Å²) in [5.74, 6) is 0.610. The summed E-state index contributed by atoms with van der Waals surface area (Å²) >= 11 is 0. The Labute approximate surface area is 154 Å². The maximum absolute atomic E-state index is 12.0. The van der Waals surface area contributed by atoms with Gasteiger partial charge in [-0.15, -0.1) is 0 Å². The summed E-state index contributed by atoms with van der Waals surface area (Å²) in [6, 6.07) is 17.2. The number of carbonyl (C=O) groups excluding carboxylic acids is 2. The van der Waals surface area contributed by atoms with E-state index in [1.54, 1.807) is 7.11 Å². The number of amides is 1. The van der Waals surface area contributed by atoms with Gasteiger partial charge in [0.1, 0.15) is 11.9 Å². The van der Waals surface area contributed by atoms with Gasteiger partial charge in [-0.25, -0.2) is 0 Å². The molecular formula is C21H25NO4. The molecule has 0 aromatic heterocycles. The van der Waals surface area contributed by atoms with Crippen molar-refractivity contribution in [3.63, 3.8) is 0 Å². The van der Waals surface area contributed by atoms with E-state index in [4.69, 9.17) is 9.47 Å². The number of ether oxygens (including phenoxy) is 2. The van der Waals surface area contributed by atoms with E-state index in [1.807, 2.05) is 54.6 Å². The maximum Gasteiger partial charge on any atom is 0.220 e. The molecule has 1 N–H and O–H groups in total. The minimum Gasteiger partial charge on any atom is -0.497 e. The third-order valence-corrected chi connectivity index (χ3v) is 4.03. The van der Waals surface area contributed by atoms with Gasteiger partial charge in [-0.2, -0.15) is 0 Å². The molecular weight excluding hydrogens is 330 g/mol. The van der Waals surface area contributed by atoms with Gasteiger partial charge in [-0.05, 0) is 36.6 Å². The fraction of sp³-hybridized carbons (Fsp3) is 0.333. The van der Waals surface area contributed by atoms with Crippen molar-refractivity contribution in [3.05, 3.63) is 65.7 Å². The zero-order valence-electron chi connectivity index (χ0n) is 15.2. The van der Waals surface area contributed by atoms with E-state index in [9.17, 15) is 9.59 Å². The van der Waals surface area contributed by atoms with Crippen molar-refractivity contribution in [2.45, 2.75) is 39.0 Å². The molecule has 0 aliphatic rings. The van der Waals surface area contributed by atoms with Crippen molar-refractivity contribution in [2.24, 2.45) is 0 Å². The molecule has 0 aliphatic carbocycles. The molecule has 0 aliphatic heterocycles. The molecule has 0 bridgehead atoms. The Balaban J connectivity index is 1.74. The summed E-state index contributed by atoms with van der Waals surface area (Å²) in [4.78, 5) is 23.8. The molecule has 5 nitrogen and oxygen atoms in total. The van der Waals surface area contributed by atoms with Crippen LogP contribution in [-0.4, -0.2) is 24.9 Å². The monoisotopic (exact) mass is 355 g/mol. The molecule has 0 heterocycles. The first-order valence-corrected chi connectivity index (χ1v) is 8.64. The number of ketones is 1. The third-order valence-electron chi connectivity index (χ3n) is 4.03. The molecule has 2 rings (SSSR count). The quantitative estimate of drug-likeness (QED) is 0.710. The third kappa shape index (κ3) is 6.69. The summed E-state index contributed by atoms with van der Waals surface area (Å²) in [6.45, 7) is 2.29. The van der Waals surface area contributed by atoms with Crippen molar-refractivity contribution in [3.8, 4) is 5.75 Å². The molecule has 0 saturated heterocycles. The van der Waals surface area contributed by atoms with Gasteiger partial charge < -0.3 is 14.8 Å². The molecule has 1 atom stereocenters. The molecule has 1 amide bonds. The molecule has 2 aromatic rings. The summed E-state index contributed by atoms with van der Waals surface area (Å²) in [5, 5.41) is 2.86. The lowest BCUT2D eigenvalue weighted by atomic mass is 10.1. The molecule has 26 heavy (non-hydrogen) atoms. The summed E-state index contributed by atoms with van der Waals surface area (Å²) in [5.41, 5.74) is 1.99. The van der Waals surface area contributed by atoms with Crippen LogP contribution in [-0.2, 0) is 27.5 Å². The lowest BCUT2D eigenvalue weighted by Gasteiger charge is -2.15. The van der Waals surface area contributed by atoms with Crippen LogP contribution in [0.1, 0.15) is 30.9 Å². The topological polar surface area (TPSA) is 64.6 Å². The van der Waals surface area contributed by atoms with E-state index in [-0.39, 0.29) is 18.1 Å². The lowest BCUT2D eigenvalue weighted by molar-refractivity contribution is -0.130. The highest BCUT2D eigenvalue weighted by molar-refractivity contribution is 5.82. The maximum atomic E-state index is 12.0. The minimum absolute atomic E-state index is 0.0658. The second-order valence-corrected chi connectivity index (χ2v) is 6.06. The Hall–Kier alpha value is -2.66. The van der Waals surface area contributed by atoms with Gasteiger partial charge in [-0.3, -0.25) is 9.59 Å². The average molecular weight is 355 g/mol. The van der Waals surface area contributed by atoms with Gasteiger partial charge >= 0.3 is 0 Å². The standard InChI is InChI=1S/C21H25NO4/c1-16(23)20(26-15-18-6-4-3-5-7-18)12-13-21(24)22-14-17-8-10-19(25-2)11-9-17/h3-11,20H,12-15H2,1-2H3,(H,22,24)/t20-/m0/s1. The smallest absolute Gasteiger partial charge is 0.220 e. The van der Waals surface area contributed by atoms with Gasteiger partial charge in [0.15, 0.2) is 5.78 Å². The molecule has 0 saturated carbocycles. The predicted octanol–water partition coefficient (Wildman–Crippen LogP) is 3.27. The molecule has 0 spiro atoms. The lowest BCUT2D eigenvalue weighted by Crippen LogP contribution is -2.27. The highest BCUT2D eigenvalue weighted by atomic mass is 16.5. The highest BCUT2D eigenvalue weighted by Crippen LogP contribution is 2.12. The van der Waals surface area contributed by atoms with Crippen molar-refractivity contribution < 1.29 is 19.1 Å². The number of rotatable bonds is 10. The van der Waals surface area contributed by atoms with Crippen LogP contribution in [0.15, 0.2) is 54.6 Å². The van der Waals surface area contributed by atoms with Crippen molar-refractivity contribution >= 4 is 11.7 Å². The van der Waals surface area contributed by atoms with E-state index in [0.29, 0.717) is 19.6 Å². The van der Waals surface area contributed by atoms with Crippen LogP contribution in [0.4, 0.5) is 0 Å². The number of carbonyl (C=O) groups is 2. The first kappa shape index (κ1) is 19.7. The molecule has 2 aromatic carbocycles. The zero-order valence-corrected chi connectivity index (χ0v) is 15.2. The summed E-state index contributed by atoms with van der Waals surface area (Å²) < 4.78 is 10.8. The first-order valence-electron chi connectivity index (χ1n) is 8.64. The number of Topliss-reactive ketones (excluding diaryl/α,β-unsaturated/α-hetero) is 1. The van der Waals surface area contributed by atoms with E-state index in [2.05, 4.69) is 5.32 Å². The molecule has 0 radical (unpaired) electrons. The summed E-state index contributed by atoms with van der Waals surface area (Å²) in [7, 11) is 1.61. The average Bonchev–Trinajstić information content (AvgIpc) is 2.67. The van der Waals surface area contributed by atoms with Gasteiger partial charge in [0.2, 0.25) is 5.91 Å². The molecule has 5 heteroatoms. The van der Waals surface area contributed by atoms with Crippen LogP contribution in [0.2, 0.25) is 0 Å². The number of methoxy groups -OCH3 is 1. The normalized spacial score (nSPS) is 11.6. The van der Waals surface area contributed by atoms with E-state index < -0.39 is 6.10 Å². The van der Waals surface area contributed by atoms with Crippen LogP contribution in [0, 0.1) is 0 Å². The van der Waals surface area contributed by atoms with E-state index in [0.717, 1.165) is 16.9 Å². The van der Waals surface area contributed by atoms with Crippen LogP contribution < -0.4 is 10.1 Å². The number of benzene rings is 2. The predicted molar refractivity (Wildman–Crippen MR) is 99.8 cm³/mol. The zero-order chi connectivity index (χ0) is 18.8. The SMILES string of the molecule is COc1ccc(CNC(=O)CC[C@H](OCc2ccccc2)C(C)=O)cc1. The minimum atomic E-state index is -0.568. The second-order valence-electron chi connectivity index (χ2n) is 6.06. The van der Waals surface area contributed by atoms with Gasteiger partial charge in [-0.1, -0.05) is 42.5 Å². The highest BCUT2D eigenvalue weighted by Gasteiger charge is 2.16. The van der Waals surface area contributed by atoms with Gasteiger partial charge in [0.25, 0.3) is 0 Å². The Bertz CT molecular complexity index is 698. The van der Waals surface area contributed by atoms with Crippen molar-refractivity contribution in [2.75, 3.05) is 7.11 Å². The fourth-order valence-electron chi connectivity index (χ4n) is 2.47. The van der Waals surface area contributed by atoms with E-state index >= 15 is 0 Å². The Morgan fingerprint density at radius 1 is 1.00 bits per heavy atom. The van der Waals surface area contributed by atoms with Crippen molar-refractivity contribution in [1.82, 2.24) is 5.32 Å². The number of nitrogens with one attached hydrogen (secondary N) is 1. The largest absolute Gasteiger partial charge is 0.497 e. The van der Waals surface area contributed by atoms with Crippen LogP contribution in [0.5, 0.6) is 5.75 Å². The van der Waals surface area contributed by atoms with E-state index in [1.165, 1.54) is 6.92 Å².